The van der Waals surface area contributed by atoms with Crippen molar-refractivity contribution in [2.24, 2.45) is 0 Å². The third-order valence-corrected chi connectivity index (χ3v) is 6.08. The molecule has 3 N–H and O–H groups in total. The lowest BCUT2D eigenvalue weighted by molar-refractivity contribution is -0.136. The van der Waals surface area contributed by atoms with Crippen LogP contribution in [0.4, 0.5) is 11.4 Å². The Morgan fingerprint density at radius 3 is 2.76 bits per heavy atom. The van der Waals surface area contributed by atoms with Crippen molar-refractivity contribution in [2.75, 3.05) is 17.2 Å². The Balaban J connectivity index is 1.36. The molecule has 7 heteroatoms. The maximum Gasteiger partial charge on any atom is 0.255 e. The van der Waals surface area contributed by atoms with Crippen LogP contribution in [0.5, 0.6) is 0 Å². The van der Waals surface area contributed by atoms with E-state index in [1.54, 1.807) is 4.90 Å². The van der Waals surface area contributed by atoms with Crippen LogP contribution in [0.2, 0.25) is 0 Å². The molecule has 3 aliphatic rings. The fourth-order valence-corrected chi connectivity index (χ4v) is 4.67. The number of para-hydroxylation sites is 1. The van der Waals surface area contributed by atoms with Gasteiger partial charge in [0.25, 0.3) is 5.91 Å². The van der Waals surface area contributed by atoms with E-state index >= 15 is 0 Å². The van der Waals surface area contributed by atoms with Gasteiger partial charge in [-0.1, -0.05) is 24.3 Å². The zero-order valence-electron chi connectivity index (χ0n) is 16.0. The minimum absolute atomic E-state index is 0.142. The Labute approximate surface area is 168 Å². The van der Waals surface area contributed by atoms with Crippen molar-refractivity contribution in [2.45, 2.75) is 38.4 Å². The van der Waals surface area contributed by atoms with Gasteiger partial charge in [-0.2, -0.15) is 0 Å². The van der Waals surface area contributed by atoms with E-state index in [9.17, 15) is 14.4 Å². The summed E-state index contributed by atoms with van der Waals surface area (Å²) in [4.78, 5) is 40.3. The minimum atomic E-state index is -0.582. The molecule has 2 aromatic carbocycles. The van der Waals surface area contributed by atoms with E-state index in [2.05, 4.69) is 22.3 Å². The summed E-state index contributed by atoms with van der Waals surface area (Å²) in [6.07, 6.45) is 1.62. The maximum absolute atomic E-state index is 12.8. The molecule has 0 aromatic heterocycles. The summed E-state index contributed by atoms with van der Waals surface area (Å²) >= 11 is 0. The fourth-order valence-electron chi connectivity index (χ4n) is 4.67. The first kappa shape index (κ1) is 17.7. The van der Waals surface area contributed by atoms with Gasteiger partial charge in [-0.15, -0.1) is 0 Å². The fraction of sp³-hybridized carbons (Fsp3) is 0.318. The Bertz CT molecular complexity index is 1050. The van der Waals surface area contributed by atoms with Crippen molar-refractivity contribution in [3.63, 3.8) is 0 Å². The van der Waals surface area contributed by atoms with Crippen LogP contribution in [0, 0.1) is 0 Å². The molecule has 2 aromatic rings. The summed E-state index contributed by atoms with van der Waals surface area (Å²) in [6, 6.07) is 11.3. The van der Waals surface area contributed by atoms with Gasteiger partial charge < -0.3 is 15.5 Å². The van der Waals surface area contributed by atoms with Crippen molar-refractivity contribution in [3.05, 3.63) is 58.7 Å². The number of carbonyl (C=O) groups is 3. The highest BCUT2D eigenvalue weighted by Crippen LogP contribution is 2.35. The number of benzene rings is 2. The average Bonchev–Trinajstić information content (AvgIpc) is 3.24. The second-order valence-corrected chi connectivity index (χ2v) is 7.92. The maximum atomic E-state index is 12.8. The monoisotopic (exact) mass is 390 g/mol. The molecule has 5 rings (SSSR count). The molecule has 1 atom stereocenters. The van der Waals surface area contributed by atoms with Gasteiger partial charge in [-0.05, 0) is 41.7 Å². The lowest BCUT2D eigenvalue weighted by Crippen LogP contribution is -2.52. The molecule has 0 saturated carbocycles. The number of hydrogen-bond donors (Lipinski definition) is 2. The van der Waals surface area contributed by atoms with E-state index in [0.29, 0.717) is 18.5 Å². The topological polar surface area (TPSA) is 95.7 Å². The van der Waals surface area contributed by atoms with Gasteiger partial charge in [0.05, 0.1) is 11.4 Å². The van der Waals surface area contributed by atoms with Gasteiger partial charge >= 0.3 is 0 Å². The molecule has 3 amide bonds. The van der Waals surface area contributed by atoms with E-state index in [4.69, 9.17) is 5.73 Å². The predicted octanol–water partition coefficient (Wildman–Crippen LogP) is 1.59. The van der Waals surface area contributed by atoms with E-state index in [-0.39, 0.29) is 24.1 Å². The summed E-state index contributed by atoms with van der Waals surface area (Å²) in [7, 11) is 0. The first-order chi connectivity index (χ1) is 14.0. The molecule has 0 spiro atoms. The third-order valence-electron chi connectivity index (χ3n) is 6.08. The predicted molar refractivity (Wildman–Crippen MR) is 108 cm³/mol. The number of anilines is 2. The van der Waals surface area contributed by atoms with Crippen LogP contribution in [0.25, 0.3) is 0 Å². The van der Waals surface area contributed by atoms with Gasteiger partial charge in [0.2, 0.25) is 11.8 Å². The second kappa shape index (κ2) is 6.62. The largest absolute Gasteiger partial charge is 0.397 e. The highest BCUT2D eigenvalue weighted by molar-refractivity contribution is 6.05. The van der Waals surface area contributed by atoms with Gasteiger partial charge in [0.15, 0.2) is 0 Å². The van der Waals surface area contributed by atoms with Crippen LogP contribution in [-0.4, -0.2) is 35.2 Å². The molecule has 0 bridgehead atoms. The molecule has 0 radical (unpaired) electrons. The van der Waals surface area contributed by atoms with Gasteiger partial charge in [-0.25, -0.2) is 0 Å². The van der Waals surface area contributed by atoms with Crippen LogP contribution >= 0.6 is 0 Å². The van der Waals surface area contributed by atoms with Crippen molar-refractivity contribution in [1.82, 2.24) is 10.2 Å². The SMILES string of the molecule is Nc1cccc2c1N(Cc1ccc3c(c1)CN(C1CCC(=O)NC1=O)C3=O)CC2. The van der Waals surface area contributed by atoms with Gasteiger partial charge in [-0.3, -0.25) is 19.7 Å². The summed E-state index contributed by atoms with van der Waals surface area (Å²) < 4.78 is 0. The van der Waals surface area contributed by atoms with Crippen LogP contribution in [-0.2, 0) is 29.1 Å². The number of nitrogens with one attached hydrogen (secondary N) is 1. The molecule has 148 valence electrons. The number of imide groups is 1. The van der Waals surface area contributed by atoms with Crippen LogP contribution in [0.3, 0.4) is 0 Å². The standard InChI is InChI=1S/C22H22N4O3/c23-17-3-1-2-14-8-9-25(20(14)17)11-13-4-5-16-15(10-13)12-26(22(16)29)18-6-7-19(27)24-21(18)28/h1-5,10,18H,6-9,11-12,23H2,(H,24,27,28). The molecule has 3 aliphatic heterocycles. The number of hydrogen-bond acceptors (Lipinski definition) is 5. The second-order valence-electron chi connectivity index (χ2n) is 7.92. The smallest absolute Gasteiger partial charge is 0.255 e. The highest BCUT2D eigenvalue weighted by atomic mass is 16.2. The van der Waals surface area contributed by atoms with Gasteiger partial charge in [0.1, 0.15) is 6.04 Å². The van der Waals surface area contributed by atoms with E-state index in [1.165, 1.54) is 5.56 Å². The zero-order valence-corrected chi connectivity index (χ0v) is 16.0. The Kier molecular flexibility index (Phi) is 4.04. The van der Waals surface area contributed by atoms with Crippen LogP contribution in [0.1, 0.15) is 39.9 Å². The molecule has 1 saturated heterocycles. The Morgan fingerprint density at radius 2 is 1.93 bits per heavy atom. The molecular formula is C22H22N4O3. The minimum Gasteiger partial charge on any atom is -0.397 e. The quantitative estimate of drug-likeness (QED) is 0.613. The Hall–Kier alpha value is -3.35. The van der Waals surface area contributed by atoms with Gasteiger partial charge in [0, 0.05) is 31.6 Å². The number of nitrogen functional groups attached to an aromatic ring is 1. The van der Waals surface area contributed by atoms with Crippen LogP contribution < -0.4 is 16.0 Å². The molecule has 0 aliphatic carbocycles. The van der Waals surface area contributed by atoms with Crippen molar-refractivity contribution in [1.29, 1.82) is 0 Å². The molecule has 1 unspecified atom stereocenters. The normalized spacial score (nSPS) is 20.7. The first-order valence-electron chi connectivity index (χ1n) is 9.90. The number of rotatable bonds is 3. The third kappa shape index (κ3) is 2.93. The molecule has 29 heavy (non-hydrogen) atoms. The van der Waals surface area contributed by atoms with E-state index in [1.807, 2.05) is 24.3 Å². The number of carbonyl (C=O) groups excluding carboxylic acids is 3. The number of fused-ring (bicyclic) bond motifs is 2. The number of piperidine rings is 1. The molecule has 1 fully saturated rings. The lowest BCUT2D eigenvalue weighted by atomic mass is 10.0. The Morgan fingerprint density at radius 1 is 1.07 bits per heavy atom. The number of nitrogens with zero attached hydrogens (tertiary/aromatic N) is 2. The van der Waals surface area contributed by atoms with Crippen molar-refractivity contribution in [3.8, 4) is 0 Å². The summed E-state index contributed by atoms with van der Waals surface area (Å²) in [5.74, 6) is -0.800. The molecule has 3 heterocycles. The van der Waals surface area contributed by atoms with Crippen molar-refractivity contribution < 1.29 is 14.4 Å². The van der Waals surface area contributed by atoms with Crippen LogP contribution in [0.15, 0.2) is 36.4 Å². The summed E-state index contributed by atoms with van der Waals surface area (Å²) in [5, 5.41) is 2.34. The number of nitrogens with two attached hydrogens (primary N) is 1. The molecule has 7 nitrogen and oxygen atoms in total. The first-order valence-corrected chi connectivity index (χ1v) is 9.90. The average molecular weight is 390 g/mol. The number of amides is 3. The summed E-state index contributed by atoms with van der Waals surface area (Å²) in [6.45, 7) is 2.04. The lowest BCUT2D eigenvalue weighted by Gasteiger charge is -2.29. The van der Waals surface area contributed by atoms with Crippen molar-refractivity contribution >= 4 is 29.1 Å². The highest BCUT2D eigenvalue weighted by Gasteiger charge is 2.39. The zero-order chi connectivity index (χ0) is 20.1. The van der Waals surface area contributed by atoms with E-state index < -0.39 is 6.04 Å². The van der Waals surface area contributed by atoms with E-state index in [0.717, 1.165) is 42.0 Å². The summed E-state index contributed by atoms with van der Waals surface area (Å²) in [5.41, 5.74) is 12.0. The molecular weight excluding hydrogens is 368 g/mol.